The Labute approximate surface area is 61.8 Å². The van der Waals surface area contributed by atoms with Crippen LogP contribution in [0.5, 0.6) is 0 Å². The van der Waals surface area contributed by atoms with Crippen molar-refractivity contribution < 1.29 is 5.11 Å². The summed E-state index contributed by atoms with van der Waals surface area (Å²) >= 11 is 1.94. The van der Waals surface area contributed by atoms with Crippen LogP contribution in [0.25, 0.3) is 0 Å². The number of aliphatic hydroxyl groups is 1. The van der Waals surface area contributed by atoms with E-state index in [0.717, 1.165) is 12.2 Å². The van der Waals surface area contributed by atoms with Gasteiger partial charge in [-0.25, -0.2) is 0 Å². The molecule has 0 aromatic carbocycles. The van der Waals surface area contributed by atoms with Crippen LogP contribution < -0.4 is 0 Å². The van der Waals surface area contributed by atoms with Gasteiger partial charge in [0.05, 0.1) is 0 Å². The van der Waals surface area contributed by atoms with Crippen LogP contribution in [0, 0.1) is 0 Å². The normalized spacial score (nSPS) is 10.0. The van der Waals surface area contributed by atoms with E-state index in [1.54, 1.807) is 0 Å². The van der Waals surface area contributed by atoms with Gasteiger partial charge in [0.2, 0.25) is 0 Å². The predicted octanol–water partition coefficient (Wildman–Crippen LogP) is 1.90. The van der Waals surface area contributed by atoms with Crippen LogP contribution in [-0.4, -0.2) is 23.2 Å². The first-order valence-electron chi connectivity index (χ1n) is 3.60. The molecule has 0 unspecified atom stereocenters. The lowest BCUT2D eigenvalue weighted by atomic mass is 10.4. The van der Waals surface area contributed by atoms with Crippen molar-refractivity contribution in [1.82, 2.24) is 0 Å². The van der Waals surface area contributed by atoms with E-state index < -0.39 is 0 Å². The van der Waals surface area contributed by atoms with Gasteiger partial charge < -0.3 is 5.11 Å². The Balaban J connectivity index is 2.60. The zero-order valence-corrected chi connectivity index (χ0v) is 6.91. The van der Waals surface area contributed by atoms with Gasteiger partial charge >= 0.3 is 0 Å². The molecule has 0 aliphatic carbocycles. The van der Waals surface area contributed by atoms with Crippen LogP contribution in [-0.2, 0) is 0 Å². The first-order valence-corrected chi connectivity index (χ1v) is 4.76. The fraction of sp³-hybridized carbons (Fsp3) is 1.00. The molecule has 0 saturated heterocycles. The van der Waals surface area contributed by atoms with Crippen molar-refractivity contribution in [3.05, 3.63) is 0 Å². The SMILES string of the molecule is CCCCSCCCO. The highest BCUT2D eigenvalue weighted by Crippen LogP contribution is 2.04. The Bertz CT molecular complexity index is 42.2. The van der Waals surface area contributed by atoms with E-state index in [2.05, 4.69) is 6.92 Å². The van der Waals surface area contributed by atoms with Crippen molar-refractivity contribution in [1.29, 1.82) is 0 Å². The minimum Gasteiger partial charge on any atom is -0.396 e. The van der Waals surface area contributed by atoms with Crippen LogP contribution in [0.1, 0.15) is 26.2 Å². The Kier molecular flexibility index (Phi) is 8.60. The van der Waals surface area contributed by atoms with Gasteiger partial charge in [-0.1, -0.05) is 13.3 Å². The van der Waals surface area contributed by atoms with E-state index in [1.807, 2.05) is 11.8 Å². The molecule has 0 radical (unpaired) electrons. The molecule has 0 saturated carbocycles. The lowest BCUT2D eigenvalue weighted by Crippen LogP contribution is -1.87. The van der Waals surface area contributed by atoms with Gasteiger partial charge in [0, 0.05) is 6.61 Å². The average Bonchev–Trinajstić information content (AvgIpc) is 1.89. The molecule has 0 bridgehead atoms. The molecule has 0 aromatic heterocycles. The molecule has 0 aliphatic rings. The smallest absolute Gasteiger partial charge is 0.0438 e. The third kappa shape index (κ3) is 8.31. The van der Waals surface area contributed by atoms with Gasteiger partial charge in [-0.05, 0) is 24.3 Å². The van der Waals surface area contributed by atoms with Crippen molar-refractivity contribution in [2.75, 3.05) is 18.1 Å². The zero-order chi connectivity index (χ0) is 6.95. The van der Waals surface area contributed by atoms with Crippen LogP contribution in [0.3, 0.4) is 0 Å². The molecular formula is C7H16OS. The quantitative estimate of drug-likeness (QED) is 0.581. The molecule has 0 fully saturated rings. The number of hydrogen-bond donors (Lipinski definition) is 1. The molecule has 1 N–H and O–H groups in total. The molecule has 0 aromatic rings. The summed E-state index contributed by atoms with van der Waals surface area (Å²) in [6.45, 7) is 2.55. The highest BCUT2D eigenvalue weighted by molar-refractivity contribution is 7.99. The van der Waals surface area contributed by atoms with Gasteiger partial charge in [0.15, 0.2) is 0 Å². The average molecular weight is 148 g/mol. The molecule has 0 amide bonds. The molecule has 1 nitrogen and oxygen atoms in total. The first-order chi connectivity index (χ1) is 4.41. The number of unbranched alkanes of at least 4 members (excludes halogenated alkanes) is 1. The fourth-order valence-electron chi connectivity index (χ4n) is 0.515. The summed E-state index contributed by atoms with van der Waals surface area (Å²) < 4.78 is 0. The van der Waals surface area contributed by atoms with E-state index in [9.17, 15) is 0 Å². The van der Waals surface area contributed by atoms with E-state index in [1.165, 1.54) is 18.6 Å². The van der Waals surface area contributed by atoms with E-state index >= 15 is 0 Å². The second-order valence-electron chi connectivity index (χ2n) is 2.04. The van der Waals surface area contributed by atoms with Gasteiger partial charge in [0.25, 0.3) is 0 Å². The second kappa shape index (κ2) is 8.31. The van der Waals surface area contributed by atoms with Gasteiger partial charge in [-0.15, -0.1) is 0 Å². The standard InChI is InChI=1S/C7H16OS/c1-2-3-6-9-7-4-5-8/h8H,2-7H2,1H3. The highest BCUT2D eigenvalue weighted by Gasteiger charge is 1.86. The summed E-state index contributed by atoms with van der Waals surface area (Å²) in [6, 6.07) is 0. The number of aliphatic hydroxyl groups excluding tert-OH is 1. The molecule has 9 heavy (non-hydrogen) atoms. The predicted molar refractivity (Wildman–Crippen MR) is 43.9 cm³/mol. The molecule has 2 heteroatoms. The molecule has 56 valence electrons. The summed E-state index contributed by atoms with van der Waals surface area (Å²) in [5.74, 6) is 2.38. The van der Waals surface area contributed by atoms with Crippen molar-refractivity contribution in [2.24, 2.45) is 0 Å². The van der Waals surface area contributed by atoms with E-state index in [4.69, 9.17) is 5.11 Å². The largest absolute Gasteiger partial charge is 0.396 e. The van der Waals surface area contributed by atoms with E-state index in [0.29, 0.717) is 6.61 Å². The van der Waals surface area contributed by atoms with Crippen LogP contribution in [0.15, 0.2) is 0 Å². The third-order valence-corrected chi connectivity index (χ3v) is 2.24. The van der Waals surface area contributed by atoms with E-state index in [-0.39, 0.29) is 0 Å². The van der Waals surface area contributed by atoms with Crippen molar-refractivity contribution >= 4 is 11.8 Å². The monoisotopic (exact) mass is 148 g/mol. The third-order valence-electron chi connectivity index (χ3n) is 1.09. The summed E-state index contributed by atoms with van der Waals surface area (Å²) in [5.41, 5.74) is 0. The fourth-order valence-corrected chi connectivity index (χ4v) is 1.55. The van der Waals surface area contributed by atoms with Gasteiger partial charge in [0.1, 0.15) is 0 Å². The topological polar surface area (TPSA) is 20.2 Å². The second-order valence-corrected chi connectivity index (χ2v) is 3.27. The highest BCUT2D eigenvalue weighted by atomic mass is 32.2. The Hall–Kier alpha value is 0.310. The number of hydrogen-bond acceptors (Lipinski definition) is 2. The molecule has 0 heterocycles. The number of rotatable bonds is 6. The van der Waals surface area contributed by atoms with Gasteiger partial charge in [-0.2, -0.15) is 11.8 Å². The van der Waals surface area contributed by atoms with Crippen LogP contribution >= 0.6 is 11.8 Å². The minimum atomic E-state index is 0.346. The Morgan fingerprint density at radius 2 is 1.89 bits per heavy atom. The summed E-state index contributed by atoms with van der Waals surface area (Å²) in [7, 11) is 0. The summed E-state index contributed by atoms with van der Waals surface area (Å²) in [6.07, 6.45) is 3.55. The summed E-state index contributed by atoms with van der Waals surface area (Å²) in [4.78, 5) is 0. The molecular weight excluding hydrogens is 132 g/mol. The van der Waals surface area contributed by atoms with Gasteiger partial charge in [-0.3, -0.25) is 0 Å². The molecule has 0 atom stereocenters. The minimum absolute atomic E-state index is 0.346. The lowest BCUT2D eigenvalue weighted by Gasteiger charge is -1.96. The number of thioether (sulfide) groups is 1. The summed E-state index contributed by atoms with van der Waals surface area (Å²) in [5, 5.41) is 8.41. The van der Waals surface area contributed by atoms with Crippen LogP contribution in [0.2, 0.25) is 0 Å². The van der Waals surface area contributed by atoms with Crippen LogP contribution in [0.4, 0.5) is 0 Å². The zero-order valence-electron chi connectivity index (χ0n) is 6.10. The van der Waals surface area contributed by atoms with Crippen molar-refractivity contribution in [3.63, 3.8) is 0 Å². The molecule has 0 rings (SSSR count). The maximum Gasteiger partial charge on any atom is 0.0438 e. The van der Waals surface area contributed by atoms with Crippen molar-refractivity contribution in [2.45, 2.75) is 26.2 Å². The Morgan fingerprint density at radius 3 is 2.44 bits per heavy atom. The maximum absolute atomic E-state index is 8.41. The molecule has 0 aliphatic heterocycles. The first kappa shape index (κ1) is 9.31. The maximum atomic E-state index is 8.41. The Morgan fingerprint density at radius 1 is 1.22 bits per heavy atom. The van der Waals surface area contributed by atoms with Crippen molar-refractivity contribution in [3.8, 4) is 0 Å². The lowest BCUT2D eigenvalue weighted by molar-refractivity contribution is 0.296. The molecule has 0 spiro atoms.